The van der Waals surface area contributed by atoms with Gasteiger partial charge >= 0.3 is 0 Å². The van der Waals surface area contributed by atoms with Crippen LogP contribution >= 0.6 is 0 Å². The van der Waals surface area contributed by atoms with Crippen molar-refractivity contribution < 1.29 is 9.90 Å². The molecule has 2 fully saturated rings. The molecule has 5 rings (SSSR count). The smallest absolute Gasteiger partial charge is 0.258 e. The third-order valence-corrected chi connectivity index (χ3v) is 6.32. The van der Waals surface area contributed by atoms with Crippen molar-refractivity contribution in [3.05, 3.63) is 52.2 Å². The summed E-state index contributed by atoms with van der Waals surface area (Å²) in [6.45, 7) is 1.93. The molecule has 3 aromatic heterocycles. The minimum atomic E-state index is -0.562. The molecule has 1 amide bonds. The van der Waals surface area contributed by atoms with Crippen LogP contribution in [0, 0.1) is 18.8 Å². The number of aromatic nitrogens is 3. The highest BCUT2D eigenvalue weighted by Crippen LogP contribution is 2.37. The van der Waals surface area contributed by atoms with Gasteiger partial charge in [-0.15, -0.1) is 0 Å². The maximum absolute atomic E-state index is 13.1. The topological polar surface area (TPSA) is 97.1 Å². The predicted octanol–water partition coefficient (Wildman–Crippen LogP) is 3.49. The van der Waals surface area contributed by atoms with Gasteiger partial charge in [-0.3, -0.25) is 14.6 Å². The molecule has 0 aromatic carbocycles. The number of hydrogen-bond acceptors (Lipinski definition) is 5. The number of aliphatic hydroxyl groups excluding tert-OH is 1. The second-order valence-corrected chi connectivity index (χ2v) is 8.93. The van der Waals surface area contributed by atoms with Gasteiger partial charge in [0.25, 0.3) is 5.56 Å². The minimum absolute atomic E-state index is 0.0147. The van der Waals surface area contributed by atoms with E-state index >= 15 is 0 Å². The largest absolute Gasteiger partial charge is 0.387 e. The first-order chi connectivity index (χ1) is 14.9. The molecule has 7 heteroatoms. The number of aryl methyl sites for hydroxylation is 2. The quantitative estimate of drug-likeness (QED) is 0.639. The number of amides is 1. The van der Waals surface area contributed by atoms with Crippen molar-refractivity contribution >= 4 is 22.6 Å². The van der Waals surface area contributed by atoms with Gasteiger partial charge in [0.15, 0.2) is 0 Å². The fourth-order valence-corrected chi connectivity index (χ4v) is 4.03. The van der Waals surface area contributed by atoms with Crippen molar-refractivity contribution in [3.63, 3.8) is 0 Å². The van der Waals surface area contributed by atoms with Crippen LogP contribution in [0.5, 0.6) is 0 Å². The van der Waals surface area contributed by atoms with E-state index in [1.165, 1.54) is 12.8 Å². The van der Waals surface area contributed by atoms with Gasteiger partial charge in [-0.05, 0) is 49.8 Å². The molecule has 0 saturated heterocycles. The number of hydrogen-bond donors (Lipinski definition) is 2. The van der Waals surface area contributed by atoms with E-state index in [1.54, 1.807) is 30.1 Å². The van der Waals surface area contributed by atoms with Crippen LogP contribution < -0.4 is 10.9 Å². The third kappa shape index (κ3) is 3.97. The lowest BCUT2D eigenvalue weighted by atomic mass is 10.00. The average Bonchev–Trinajstić information content (AvgIpc) is 3.65. The minimum Gasteiger partial charge on any atom is -0.387 e. The summed E-state index contributed by atoms with van der Waals surface area (Å²) in [5, 5.41) is 14.1. The number of carbonyl (C=O) groups is 1. The number of pyridine rings is 3. The van der Waals surface area contributed by atoms with E-state index in [2.05, 4.69) is 15.3 Å². The van der Waals surface area contributed by atoms with Gasteiger partial charge in [-0.1, -0.05) is 12.8 Å². The number of nitrogens with zero attached hydrogens (tertiary/aromatic N) is 3. The van der Waals surface area contributed by atoms with Crippen molar-refractivity contribution in [2.24, 2.45) is 18.9 Å². The molecule has 7 nitrogen and oxygen atoms in total. The number of aliphatic hydroxyl groups is 1. The summed E-state index contributed by atoms with van der Waals surface area (Å²) in [6.07, 6.45) is 7.75. The summed E-state index contributed by atoms with van der Waals surface area (Å²) < 4.78 is 1.58. The second-order valence-electron chi connectivity index (χ2n) is 8.93. The second kappa shape index (κ2) is 7.57. The van der Waals surface area contributed by atoms with Gasteiger partial charge in [0.2, 0.25) is 5.91 Å². The van der Waals surface area contributed by atoms with Crippen LogP contribution in [-0.4, -0.2) is 25.5 Å². The number of nitrogens with one attached hydrogen (secondary N) is 1. The maximum Gasteiger partial charge on any atom is 0.258 e. The van der Waals surface area contributed by atoms with Crippen LogP contribution in [0.25, 0.3) is 22.0 Å². The lowest BCUT2D eigenvalue weighted by Gasteiger charge is -2.14. The van der Waals surface area contributed by atoms with E-state index in [0.29, 0.717) is 28.5 Å². The predicted molar refractivity (Wildman–Crippen MR) is 119 cm³/mol. The molecule has 160 valence electrons. The summed E-state index contributed by atoms with van der Waals surface area (Å²) >= 11 is 0. The van der Waals surface area contributed by atoms with E-state index in [9.17, 15) is 14.7 Å². The zero-order valence-electron chi connectivity index (χ0n) is 17.8. The van der Waals surface area contributed by atoms with Gasteiger partial charge in [0.1, 0.15) is 5.82 Å². The first-order valence-corrected chi connectivity index (χ1v) is 10.9. The Labute approximate surface area is 180 Å². The highest BCUT2D eigenvalue weighted by Gasteiger charge is 2.30. The average molecular weight is 418 g/mol. The molecular formula is C24H26N4O3. The molecule has 2 N–H and O–H groups in total. The SMILES string of the molecule is Cc1cc([C@@H](O)CC2CC2)ncc1-c1cc2cnc(NC(=O)C3CC3)cc2n(C)c1=O. The monoisotopic (exact) mass is 418 g/mol. The molecule has 0 bridgehead atoms. The van der Waals surface area contributed by atoms with Crippen LogP contribution in [0.3, 0.4) is 0 Å². The van der Waals surface area contributed by atoms with Crippen LogP contribution in [0.1, 0.15) is 49.5 Å². The number of carbonyl (C=O) groups excluding carboxylic acids is 1. The van der Waals surface area contributed by atoms with Gasteiger partial charge in [0.05, 0.1) is 17.3 Å². The molecule has 0 radical (unpaired) electrons. The van der Waals surface area contributed by atoms with E-state index < -0.39 is 6.10 Å². The highest BCUT2D eigenvalue weighted by atomic mass is 16.3. The Morgan fingerprint density at radius 3 is 2.61 bits per heavy atom. The Hall–Kier alpha value is -3.06. The number of anilines is 1. The lowest BCUT2D eigenvalue weighted by molar-refractivity contribution is -0.117. The standard InChI is InChI=1S/C24H26N4O3/c1-13-7-19(21(29)8-14-3-4-14)25-12-18(13)17-9-16-11-26-22(27-23(30)15-5-6-15)10-20(16)28(2)24(17)31/h7,9-12,14-15,21,29H,3-6,8H2,1-2H3,(H,26,27,30)/t21-/m0/s1. The summed E-state index contributed by atoms with van der Waals surface area (Å²) in [4.78, 5) is 34.0. The van der Waals surface area contributed by atoms with E-state index in [-0.39, 0.29) is 17.4 Å². The van der Waals surface area contributed by atoms with Crippen LogP contribution in [0.15, 0.2) is 35.4 Å². The summed E-state index contributed by atoms with van der Waals surface area (Å²) in [6, 6.07) is 5.44. The van der Waals surface area contributed by atoms with Crippen molar-refractivity contribution in [2.45, 2.75) is 45.1 Å². The Bertz CT molecular complexity index is 1240. The molecule has 1 atom stereocenters. The Kier molecular flexibility index (Phi) is 4.85. The Morgan fingerprint density at radius 1 is 1.16 bits per heavy atom. The van der Waals surface area contributed by atoms with Crippen molar-refractivity contribution in [1.29, 1.82) is 0 Å². The maximum atomic E-state index is 13.1. The summed E-state index contributed by atoms with van der Waals surface area (Å²) in [5.74, 6) is 1.14. The van der Waals surface area contributed by atoms with Crippen molar-refractivity contribution in [2.75, 3.05) is 5.32 Å². The van der Waals surface area contributed by atoms with E-state index in [0.717, 1.165) is 35.8 Å². The van der Waals surface area contributed by atoms with Crippen molar-refractivity contribution in [3.8, 4) is 11.1 Å². The first kappa shape index (κ1) is 19.9. The third-order valence-electron chi connectivity index (χ3n) is 6.32. The van der Waals surface area contributed by atoms with Crippen LogP contribution in [0.2, 0.25) is 0 Å². The molecular weight excluding hydrogens is 392 g/mol. The van der Waals surface area contributed by atoms with Gasteiger partial charge in [-0.2, -0.15) is 0 Å². The molecule has 2 aliphatic carbocycles. The Morgan fingerprint density at radius 2 is 1.94 bits per heavy atom. The molecule has 0 aliphatic heterocycles. The Balaban J connectivity index is 1.48. The fraction of sp³-hybridized carbons (Fsp3) is 0.417. The molecule has 0 unspecified atom stereocenters. The van der Waals surface area contributed by atoms with E-state index in [1.807, 2.05) is 19.1 Å². The first-order valence-electron chi connectivity index (χ1n) is 10.9. The molecule has 2 aliphatic rings. The number of rotatable bonds is 6. The highest BCUT2D eigenvalue weighted by molar-refractivity contribution is 5.95. The normalized spacial score (nSPS) is 17.0. The molecule has 3 heterocycles. The van der Waals surface area contributed by atoms with Gasteiger partial charge in [-0.25, -0.2) is 4.98 Å². The van der Waals surface area contributed by atoms with Crippen LogP contribution in [0.4, 0.5) is 5.82 Å². The van der Waals surface area contributed by atoms with Gasteiger partial charge in [0, 0.05) is 47.9 Å². The zero-order valence-corrected chi connectivity index (χ0v) is 17.8. The van der Waals surface area contributed by atoms with Crippen molar-refractivity contribution in [1.82, 2.24) is 14.5 Å². The summed E-state index contributed by atoms with van der Waals surface area (Å²) in [7, 11) is 1.72. The lowest BCUT2D eigenvalue weighted by Crippen LogP contribution is -2.20. The van der Waals surface area contributed by atoms with Gasteiger partial charge < -0.3 is 15.0 Å². The fourth-order valence-electron chi connectivity index (χ4n) is 4.03. The molecule has 0 spiro atoms. The zero-order chi connectivity index (χ0) is 21.7. The molecule has 3 aromatic rings. The molecule has 2 saturated carbocycles. The van der Waals surface area contributed by atoms with E-state index in [4.69, 9.17) is 0 Å². The number of fused-ring (bicyclic) bond motifs is 1. The summed E-state index contributed by atoms with van der Waals surface area (Å²) in [5.41, 5.74) is 3.41. The van der Waals surface area contributed by atoms with Crippen LogP contribution in [-0.2, 0) is 11.8 Å². The molecule has 31 heavy (non-hydrogen) atoms.